The number of carboxylic acid groups (broad SMARTS) is 1. The van der Waals surface area contributed by atoms with Crippen molar-refractivity contribution in [1.29, 1.82) is 0 Å². The van der Waals surface area contributed by atoms with E-state index in [9.17, 15) is 9.59 Å². The number of rotatable bonds is 3. The molecule has 6 nitrogen and oxygen atoms in total. The van der Waals surface area contributed by atoms with Gasteiger partial charge in [0.1, 0.15) is 9.90 Å². The number of carboxylic acids is 1. The molecule has 24 heavy (non-hydrogen) atoms. The number of thiophene rings is 1. The highest BCUT2D eigenvalue weighted by Crippen LogP contribution is 2.33. The number of hydrogen-bond acceptors (Lipinski definition) is 4. The Labute approximate surface area is 152 Å². The molecule has 1 saturated heterocycles. The molecule has 9 heteroatoms. The van der Waals surface area contributed by atoms with Crippen LogP contribution in [0, 0.1) is 6.92 Å². The van der Waals surface area contributed by atoms with Crippen LogP contribution in [0.15, 0.2) is 12.3 Å². The average molecular weight is 388 g/mol. The highest BCUT2D eigenvalue weighted by atomic mass is 35.5. The van der Waals surface area contributed by atoms with Crippen LogP contribution in [0.1, 0.15) is 45.3 Å². The first-order valence-electron chi connectivity index (χ1n) is 7.40. The van der Waals surface area contributed by atoms with Crippen LogP contribution >= 0.6 is 34.5 Å². The molecule has 1 aliphatic rings. The number of hydrogen-bond donors (Lipinski definition) is 1. The van der Waals surface area contributed by atoms with Gasteiger partial charge in [0.15, 0.2) is 0 Å². The Kier molecular flexibility index (Phi) is 4.85. The molecule has 1 amide bonds. The molecule has 2 aromatic heterocycles. The fourth-order valence-electron chi connectivity index (χ4n) is 2.97. The summed E-state index contributed by atoms with van der Waals surface area (Å²) in [6.07, 6.45) is 2.80. The van der Waals surface area contributed by atoms with Crippen molar-refractivity contribution in [3.63, 3.8) is 0 Å². The lowest BCUT2D eigenvalue weighted by Crippen LogP contribution is -2.39. The molecule has 0 saturated carbocycles. The van der Waals surface area contributed by atoms with Crippen molar-refractivity contribution in [2.75, 3.05) is 13.1 Å². The zero-order valence-corrected chi connectivity index (χ0v) is 15.2. The summed E-state index contributed by atoms with van der Waals surface area (Å²) in [5.41, 5.74) is 1.29. The molecular weight excluding hydrogens is 373 g/mol. The Morgan fingerprint density at radius 1 is 1.29 bits per heavy atom. The van der Waals surface area contributed by atoms with Gasteiger partial charge >= 0.3 is 5.97 Å². The quantitative estimate of drug-likeness (QED) is 0.869. The van der Waals surface area contributed by atoms with Gasteiger partial charge in [0.2, 0.25) is 0 Å². The van der Waals surface area contributed by atoms with Gasteiger partial charge in [-0.15, -0.1) is 11.3 Å². The van der Waals surface area contributed by atoms with Gasteiger partial charge in [-0.2, -0.15) is 5.10 Å². The van der Waals surface area contributed by atoms with Gasteiger partial charge in [-0.25, -0.2) is 4.79 Å². The van der Waals surface area contributed by atoms with Gasteiger partial charge in [0.05, 0.1) is 27.8 Å². The summed E-state index contributed by atoms with van der Waals surface area (Å²) in [5, 5.41) is 13.3. The van der Waals surface area contributed by atoms with E-state index in [0.29, 0.717) is 45.9 Å². The fraction of sp³-hybridized carbons (Fsp3) is 0.400. The molecule has 0 bridgehead atoms. The number of carbonyl (C=O) groups is 2. The summed E-state index contributed by atoms with van der Waals surface area (Å²) >= 11 is 13.1. The molecule has 3 heterocycles. The van der Waals surface area contributed by atoms with E-state index < -0.39 is 5.97 Å². The van der Waals surface area contributed by atoms with Crippen molar-refractivity contribution in [2.24, 2.45) is 0 Å². The first kappa shape index (κ1) is 17.3. The van der Waals surface area contributed by atoms with Gasteiger partial charge in [-0.1, -0.05) is 23.2 Å². The monoisotopic (exact) mass is 387 g/mol. The lowest BCUT2D eigenvalue weighted by atomic mass is 10.0. The van der Waals surface area contributed by atoms with Gasteiger partial charge in [-0.3, -0.25) is 9.48 Å². The molecule has 0 spiro atoms. The summed E-state index contributed by atoms with van der Waals surface area (Å²) in [5.74, 6) is -1.10. The summed E-state index contributed by atoms with van der Waals surface area (Å²) in [4.78, 5) is 25.4. The van der Waals surface area contributed by atoms with E-state index in [1.165, 1.54) is 17.5 Å². The molecule has 0 unspecified atom stereocenters. The number of amides is 1. The molecule has 3 rings (SSSR count). The van der Waals surface area contributed by atoms with Crippen LogP contribution in [0.25, 0.3) is 0 Å². The standard InChI is InChI=1S/C15H15Cl2N3O3S/c1-8-11(15(22)23)7-18-20(8)9-2-4-19(5-3-9)14(21)10-6-12(16)24-13(10)17/h6-7,9H,2-5H2,1H3,(H,22,23). The Morgan fingerprint density at radius 3 is 2.46 bits per heavy atom. The normalized spacial score (nSPS) is 15.7. The highest BCUT2D eigenvalue weighted by Gasteiger charge is 2.28. The predicted molar refractivity (Wildman–Crippen MR) is 92.4 cm³/mol. The summed E-state index contributed by atoms with van der Waals surface area (Å²) in [7, 11) is 0. The molecule has 0 aromatic carbocycles. The van der Waals surface area contributed by atoms with E-state index in [1.54, 1.807) is 22.6 Å². The van der Waals surface area contributed by atoms with Gasteiger partial charge in [0, 0.05) is 13.1 Å². The Balaban J connectivity index is 1.69. The van der Waals surface area contributed by atoms with Crippen LogP contribution in [0.3, 0.4) is 0 Å². The van der Waals surface area contributed by atoms with Gasteiger partial charge < -0.3 is 10.0 Å². The smallest absolute Gasteiger partial charge is 0.339 e. The number of halogens is 2. The third kappa shape index (κ3) is 3.16. The fourth-order valence-corrected chi connectivity index (χ4v) is 4.42. The topological polar surface area (TPSA) is 75.4 Å². The Morgan fingerprint density at radius 2 is 1.96 bits per heavy atom. The van der Waals surface area contributed by atoms with E-state index in [2.05, 4.69) is 5.10 Å². The summed E-state index contributed by atoms with van der Waals surface area (Å²) in [6, 6.07) is 1.68. The first-order valence-corrected chi connectivity index (χ1v) is 8.97. The van der Waals surface area contributed by atoms with E-state index in [4.69, 9.17) is 28.3 Å². The second kappa shape index (κ2) is 6.74. The number of carbonyl (C=O) groups excluding carboxylic acids is 1. The number of likely N-dealkylation sites (tertiary alicyclic amines) is 1. The maximum absolute atomic E-state index is 12.5. The molecule has 2 aromatic rings. The van der Waals surface area contributed by atoms with Gasteiger partial charge in [0.25, 0.3) is 5.91 Å². The van der Waals surface area contributed by atoms with Crippen LogP contribution in [0.2, 0.25) is 8.67 Å². The third-order valence-corrected chi connectivity index (χ3v) is 5.75. The first-order chi connectivity index (χ1) is 11.4. The third-order valence-electron chi connectivity index (χ3n) is 4.26. The largest absolute Gasteiger partial charge is 0.478 e. The number of aromatic nitrogens is 2. The van der Waals surface area contributed by atoms with Crippen molar-refractivity contribution >= 4 is 46.4 Å². The molecule has 1 aliphatic heterocycles. The van der Waals surface area contributed by atoms with Crippen molar-refractivity contribution in [3.8, 4) is 0 Å². The van der Waals surface area contributed by atoms with E-state index in [0.717, 1.165) is 0 Å². The average Bonchev–Trinajstić information content (AvgIpc) is 3.09. The van der Waals surface area contributed by atoms with Crippen molar-refractivity contribution in [2.45, 2.75) is 25.8 Å². The van der Waals surface area contributed by atoms with E-state index in [1.807, 2.05) is 0 Å². The van der Waals surface area contributed by atoms with Crippen LogP contribution < -0.4 is 0 Å². The molecule has 1 N–H and O–H groups in total. The lowest BCUT2D eigenvalue weighted by Gasteiger charge is -2.32. The Hall–Kier alpha value is -1.57. The minimum Gasteiger partial charge on any atom is -0.478 e. The zero-order chi connectivity index (χ0) is 17.4. The molecular formula is C15H15Cl2N3O3S. The minimum absolute atomic E-state index is 0.0867. The second-order valence-corrected chi connectivity index (χ2v) is 7.94. The zero-order valence-electron chi connectivity index (χ0n) is 12.8. The van der Waals surface area contributed by atoms with Gasteiger partial charge in [-0.05, 0) is 25.8 Å². The second-order valence-electron chi connectivity index (χ2n) is 5.65. The molecule has 0 radical (unpaired) electrons. The van der Waals surface area contributed by atoms with Crippen LogP contribution in [0.4, 0.5) is 0 Å². The summed E-state index contributed by atoms with van der Waals surface area (Å²) < 4.78 is 2.65. The predicted octanol–water partition coefficient (Wildman–Crippen LogP) is 3.74. The van der Waals surface area contributed by atoms with Crippen molar-refractivity contribution in [1.82, 2.24) is 14.7 Å². The lowest BCUT2D eigenvalue weighted by molar-refractivity contribution is 0.0688. The molecule has 1 fully saturated rings. The molecule has 0 aliphatic carbocycles. The summed E-state index contributed by atoms with van der Waals surface area (Å²) in [6.45, 7) is 2.88. The number of aromatic carboxylic acids is 1. The van der Waals surface area contributed by atoms with E-state index in [-0.39, 0.29) is 17.5 Å². The molecule has 128 valence electrons. The van der Waals surface area contributed by atoms with Crippen LogP contribution in [-0.4, -0.2) is 44.8 Å². The van der Waals surface area contributed by atoms with Crippen LogP contribution in [-0.2, 0) is 0 Å². The van der Waals surface area contributed by atoms with Crippen LogP contribution in [0.5, 0.6) is 0 Å². The SMILES string of the molecule is Cc1c(C(=O)O)cnn1C1CCN(C(=O)c2cc(Cl)sc2Cl)CC1. The van der Waals surface area contributed by atoms with Crippen molar-refractivity contribution < 1.29 is 14.7 Å². The maximum Gasteiger partial charge on any atom is 0.339 e. The van der Waals surface area contributed by atoms with Crippen molar-refractivity contribution in [3.05, 3.63) is 37.8 Å². The Bertz CT molecular complexity index is 794. The highest BCUT2D eigenvalue weighted by molar-refractivity contribution is 7.20. The maximum atomic E-state index is 12.5. The van der Waals surface area contributed by atoms with E-state index >= 15 is 0 Å². The minimum atomic E-state index is -0.977. The number of nitrogens with zero attached hydrogens (tertiary/aromatic N) is 3. The number of piperidine rings is 1. The molecule has 0 atom stereocenters.